The Balaban J connectivity index is 2.69. The van der Waals surface area contributed by atoms with Crippen molar-refractivity contribution in [3.05, 3.63) is 5.69 Å². The second-order valence-electron chi connectivity index (χ2n) is 2.95. The average molecular weight is 282 g/mol. The lowest BCUT2D eigenvalue weighted by atomic mass is 10.0. The number of imidazole rings is 1. The van der Waals surface area contributed by atoms with Gasteiger partial charge in [-0.2, -0.15) is 13.2 Å². The van der Waals surface area contributed by atoms with E-state index in [2.05, 4.69) is 10.1 Å². The number of halogens is 3. The summed E-state index contributed by atoms with van der Waals surface area (Å²) in [5.41, 5.74) is -2.09. The Morgan fingerprint density at radius 1 is 1.41 bits per heavy atom. The molecule has 0 bridgehead atoms. The number of aromatic nitrogens is 3. The molecule has 0 aliphatic heterocycles. The van der Waals surface area contributed by atoms with Gasteiger partial charge in [0.1, 0.15) is 7.85 Å². The molecular weight excluding hydrogens is 280 g/mol. The van der Waals surface area contributed by atoms with E-state index in [4.69, 9.17) is 13.0 Å². The van der Waals surface area contributed by atoms with Crippen LogP contribution in [0.5, 0.6) is 0 Å². The van der Waals surface area contributed by atoms with E-state index < -0.39 is 31.8 Å². The van der Waals surface area contributed by atoms with Crippen LogP contribution in [0.15, 0.2) is 4.34 Å². The second kappa shape index (κ2) is 3.43. The molecule has 2 aromatic heterocycles. The summed E-state index contributed by atoms with van der Waals surface area (Å²) in [6, 6.07) is 0. The summed E-state index contributed by atoms with van der Waals surface area (Å²) in [5.74, 6) is 0. The first-order valence-electron chi connectivity index (χ1n) is 3.86. The molecule has 2 aromatic rings. The fraction of sp³-hybridized carbons (Fsp3) is 0.200. The van der Waals surface area contributed by atoms with Crippen LogP contribution in [-0.2, 0) is 16.2 Å². The molecule has 90 valence electrons. The first kappa shape index (κ1) is 12.3. The summed E-state index contributed by atoms with van der Waals surface area (Å²) in [5, 5.41) is 8.12. The highest BCUT2D eigenvalue weighted by molar-refractivity contribution is 7.91. The van der Waals surface area contributed by atoms with Gasteiger partial charge in [0.15, 0.2) is 5.69 Å². The molecule has 0 amide bonds. The number of sulfonamides is 1. The monoisotopic (exact) mass is 282 g/mol. The number of alkyl halides is 3. The van der Waals surface area contributed by atoms with Crippen LogP contribution < -0.4 is 10.7 Å². The van der Waals surface area contributed by atoms with Crippen molar-refractivity contribution in [2.24, 2.45) is 5.14 Å². The van der Waals surface area contributed by atoms with Crippen molar-refractivity contribution in [2.45, 2.75) is 10.5 Å². The van der Waals surface area contributed by atoms with E-state index in [0.717, 1.165) is 0 Å². The highest BCUT2D eigenvalue weighted by atomic mass is 32.2. The van der Waals surface area contributed by atoms with Crippen LogP contribution >= 0.6 is 11.3 Å². The fourth-order valence-corrected chi connectivity index (χ4v) is 2.59. The SMILES string of the molecule is [B]c1c(C(F)(F)F)nc2sc(S(N)(=O)=O)nn12. The average Bonchev–Trinajstić information content (AvgIpc) is 2.63. The van der Waals surface area contributed by atoms with Crippen molar-refractivity contribution in [3.8, 4) is 0 Å². The Kier molecular flexibility index (Phi) is 2.49. The van der Waals surface area contributed by atoms with Crippen LogP contribution in [0.1, 0.15) is 5.69 Å². The molecule has 2 radical (unpaired) electrons. The van der Waals surface area contributed by atoms with Gasteiger partial charge in [0, 0.05) is 5.59 Å². The van der Waals surface area contributed by atoms with E-state index in [-0.39, 0.29) is 4.96 Å². The number of fused-ring (bicyclic) bond motifs is 1. The zero-order chi connectivity index (χ0) is 13.0. The van der Waals surface area contributed by atoms with Gasteiger partial charge in [-0.05, 0) is 0 Å². The predicted molar refractivity (Wildman–Crippen MR) is 52.6 cm³/mol. The number of hydrogen-bond acceptors (Lipinski definition) is 5. The molecule has 0 unspecified atom stereocenters. The summed E-state index contributed by atoms with van der Waals surface area (Å²) in [4.78, 5) is 2.87. The smallest absolute Gasteiger partial charge is 0.223 e. The largest absolute Gasteiger partial charge is 0.434 e. The number of nitrogens with two attached hydrogens (primary N) is 1. The molecule has 0 aromatic carbocycles. The summed E-state index contributed by atoms with van der Waals surface area (Å²) in [6.07, 6.45) is -4.72. The molecule has 0 fully saturated rings. The Morgan fingerprint density at radius 2 is 2.00 bits per heavy atom. The van der Waals surface area contributed by atoms with E-state index in [1.165, 1.54) is 0 Å². The lowest BCUT2D eigenvalue weighted by Crippen LogP contribution is -2.23. The second-order valence-corrected chi connectivity index (χ2v) is 5.64. The van der Waals surface area contributed by atoms with Gasteiger partial charge in [-0.15, -0.1) is 5.10 Å². The maximum absolute atomic E-state index is 12.4. The first-order chi connectivity index (χ1) is 7.60. The van der Waals surface area contributed by atoms with Crippen molar-refractivity contribution < 1.29 is 21.6 Å². The third-order valence-corrected chi connectivity index (χ3v) is 3.95. The lowest BCUT2D eigenvalue weighted by molar-refractivity contribution is -0.139. The van der Waals surface area contributed by atoms with Crippen molar-refractivity contribution in [1.82, 2.24) is 14.6 Å². The van der Waals surface area contributed by atoms with Crippen molar-refractivity contribution in [3.63, 3.8) is 0 Å². The van der Waals surface area contributed by atoms with Crippen LogP contribution in [0.25, 0.3) is 4.96 Å². The predicted octanol–water partition coefficient (Wildman–Crippen LogP) is -0.749. The molecule has 6 nitrogen and oxygen atoms in total. The molecule has 0 atom stereocenters. The van der Waals surface area contributed by atoms with Gasteiger partial charge in [0.05, 0.1) is 0 Å². The maximum atomic E-state index is 12.4. The highest BCUT2D eigenvalue weighted by Gasteiger charge is 2.37. The summed E-state index contributed by atoms with van der Waals surface area (Å²) in [6.45, 7) is 0. The molecule has 0 aliphatic carbocycles. The number of hydrogen-bond donors (Lipinski definition) is 1. The van der Waals surface area contributed by atoms with Gasteiger partial charge in [0.25, 0.3) is 10.0 Å². The highest BCUT2D eigenvalue weighted by Crippen LogP contribution is 2.28. The van der Waals surface area contributed by atoms with Crippen molar-refractivity contribution in [1.29, 1.82) is 0 Å². The summed E-state index contributed by atoms with van der Waals surface area (Å²) >= 11 is 0.403. The molecule has 0 spiro atoms. The van der Waals surface area contributed by atoms with Gasteiger partial charge in [-0.25, -0.2) is 23.1 Å². The molecule has 2 rings (SSSR count). The molecule has 12 heteroatoms. The van der Waals surface area contributed by atoms with Crippen LogP contribution in [0.2, 0.25) is 0 Å². The standard InChI is InChI=1S/C5H2BF3N4O2S2/c6-2-1(5(7,8)9)11-3-13(2)12-4(16-3)17(10,14)15/h(H2,10,14,15). The van der Waals surface area contributed by atoms with Crippen LogP contribution in [0.3, 0.4) is 0 Å². The van der Waals surface area contributed by atoms with Gasteiger partial charge < -0.3 is 0 Å². The van der Waals surface area contributed by atoms with Crippen molar-refractivity contribution in [2.75, 3.05) is 0 Å². The van der Waals surface area contributed by atoms with Gasteiger partial charge in [0.2, 0.25) is 9.30 Å². The molecule has 0 saturated heterocycles. The lowest BCUT2D eigenvalue weighted by Gasteiger charge is -2.02. The minimum Gasteiger partial charge on any atom is -0.223 e. The quantitative estimate of drug-likeness (QED) is 0.697. The molecule has 0 saturated carbocycles. The van der Waals surface area contributed by atoms with Gasteiger partial charge >= 0.3 is 6.18 Å². The van der Waals surface area contributed by atoms with Crippen LogP contribution in [0.4, 0.5) is 13.2 Å². The van der Waals surface area contributed by atoms with E-state index in [0.29, 0.717) is 15.9 Å². The molecule has 2 heterocycles. The summed E-state index contributed by atoms with van der Waals surface area (Å²) in [7, 11) is 1.08. The minimum atomic E-state index is -4.72. The first-order valence-corrected chi connectivity index (χ1v) is 6.22. The Labute approximate surface area is 97.7 Å². The molecule has 17 heavy (non-hydrogen) atoms. The Morgan fingerprint density at radius 3 is 2.41 bits per heavy atom. The van der Waals surface area contributed by atoms with Crippen molar-refractivity contribution >= 4 is 39.8 Å². The van der Waals surface area contributed by atoms with Crippen LogP contribution in [-0.4, -0.2) is 30.9 Å². The van der Waals surface area contributed by atoms with E-state index in [9.17, 15) is 21.6 Å². The fourth-order valence-electron chi connectivity index (χ4n) is 1.07. The molecule has 0 aliphatic rings. The summed E-state index contributed by atoms with van der Waals surface area (Å²) < 4.78 is 59.0. The third kappa shape index (κ3) is 2.02. The molecule has 2 N–H and O–H groups in total. The minimum absolute atomic E-state index is 0.293. The van der Waals surface area contributed by atoms with E-state index in [1.54, 1.807) is 0 Å². The third-order valence-electron chi connectivity index (χ3n) is 1.73. The van der Waals surface area contributed by atoms with E-state index in [1.807, 2.05) is 0 Å². The Bertz CT molecular complexity index is 688. The zero-order valence-electron chi connectivity index (χ0n) is 7.76. The number of primary sulfonamides is 1. The number of nitrogens with zero attached hydrogens (tertiary/aromatic N) is 3. The zero-order valence-corrected chi connectivity index (χ0v) is 9.40. The van der Waals surface area contributed by atoms with Gasteiger partial charge in [-0.3, -0.25) is 0 Å². The van der Waals surface area contributed by atoms with Gasteiger partial charge in [-0.1, -0.05) is 11.3 Å². The van der Waals surface area contributed by atoms with E-state index >= 15 is 0 Å². The normalized spacial score (nSPS) is 13.4. The van der Waals surface area contributed by atoms with Crippen LogP contribution in [0, 0.1) is 0 Å². The number of rotatable bonds is 1. The Hall–Kier alpha value is -1.14. The topological polar surface area (TPSA) is 90.3 Å². The molecular formula is C5H2BF3N4O2S2. The maximum Gasteiger partial charge on any atom is 0.434 e.